The molecule has 2 amide bonds. The first-order valence-corrected chi connectivity index (χ1v) is 7.20. The van der Waals surface area contributed by atoms with Crippen molar-refractivity contribution >= 4 is 28.4 Å². The average molecular weight is 308 g/mol. The lowest BCUT2D eigenvalue weighted by Crippen LogP contribution is -2.19. The third-order valence-electron chi connectivity index (χ3n) is 3.36. The molecule has 1 heterocycles. The highest BCUT2D eigenvalue weighted by atomic mass is 16.4. The Bertz CT molecular complexity index is 924. The number of benzene rings is 2. The van der Waals surface area contributed by atoms with Gasteiger partial charge in [-0.1, -0.05) is 6.07 Å². The Labute approximate surface area is 132 Å². The van der Waals surface area contributed by atoms with E-state index in [-0.39, 0.29) is 6.03 Å². The number of aryl methyl sites for hydroxylation is 2. The standard InChI is InChI=1S/C18H16N2O3/c1-11-7-12(2)9-15(8-11)20-18(22)19-14-4-5-16-13(10-14)3-6-17(21)23-16/h3-10H,1-2H3,(H2,19,20,22). The van der Waals surface area contributed by atoms with Crippen molar-refractivity contribution in [3.63, 3.8) is 0 Å². The molecule has 2 aromatic carbocycles. The molecule has 0 saturated heterocycles. The highest BCUT2D eigenvalue weighted by Crippen LogP contribution is 2.18. The zero-order chi connectivity index (χ0) is 16.4. The molecule has 3 rings (SSSR count). The van der Waals surface area contributed by atoms with E-state index in [4.69, 9.17) is 4.42 Å². The summed E-state index contributed by atoms with van der Waals surface area (Å²) < 4.78 is 5.06. The summed E-state index contributed by atoms with van der Waals surface area (Å²) in [4.78, 5) is 23.3. The van der Waals surface area contributed by atoms with Crippen LogP contribution in [0.5, 0.6) is 0 Å². The summed E-state index contributed by atoms with van der Waals surface area (Å²) in [6.45, 7) is 3.96. The molecule has 2 N–H and O–H groups in total. The van der Waals surface area contributed by atoms with Gasteiger partial charge in [0.05, 0.1) is 0 Å². The van der Waals surface area contributed by atoms with Crippen molar-refractivity contribution in [3.05, 3.63) is 70.1 Å². The van der Waals surface area contributed by atoms with Crippen LogP contribution in [0.4, 0.5) is 16.2 Å². The minimum Gasteiger partial charge on any atom is -0.423 e. The van der Waals surface area contributed by atoms with E-state index in [1.165, 1.54) is 6.07 Å². The molecule has 0 unspecified atom stereocenters. The maximum atomic E-state index is 12.1. The molecule has 23 heavy (non-hydrogen) atoms. The van der Waals surface area contributed by atoms with Crippen molar-refractivity contribution in [3.8, 4) is 0 Å². The molecule has 0 aliphatic rings. The van der Waals surface area contributed by atoms with Gasteiger partial charge in [0.2, 0.25) is 0 Å². The third kappa shape index (κ3) is 3.58. The van der Waals surface area contributed by atoms with E-state index in [9.17, 15) is 9.59 Å². The lowest BCUT2D eigenvalue weighted by Gasteiger charge is -2.09. The largest absolute Gasteiger partial charge is 0.423 e. The SMILES string of the molecule is Cc1cc(C)cc(NC(=O)Nc2ccc3oc(=O)ccc3c2)c1. The van der Waals surface area contributed by atoms with E-state index >= 15 is 0 Å². The van der Waals surface area contributed by atoms with Gasteiger partial charge in [0.15, 0.2) is 0 Å². The second-order valence-corrected chi connectivity index (χ2v) is 5.46. The second-order valence-electron chi connectivity index (χ2n) is 5.46. The Morgan fingerprint density at radius 2 is 1.57 bits per heavy atom. The zero-order valence-corrected chi connectivity index (χ0v) is 12.8. The zero-order valence-electron chi connectivity index (χ0n) is 12.8. The molecule has 0 atom stereocenters. The first-order valence-electron chi connectivity index (χ1n) is 7.20. The number of carbonyl (C=O) groups excluding carboxylic acids is 1. The number of nitrogens with one attached hydrogen (secondary N) is 2. The smallest absolute Gasteiger partial charge is 0.336 e. The summed E-state index contributed by atoms with van der Waals surface area (Å²) in [7, 11) is 0. The van der Waals surface area contributed by atoms with Crippen molar-refractivity contribution in [1.82, 2.24) is 0 Å². The lowest BCUT2D eigenvalue weighted by atomic mass is 10.1. The molecule has 0 bridgehead atoms. The quantitative estimate of drug-likeness (QED) is 0.701. The number of amides is 2. The fourth-order valence-corrected chi connectivity index (χ4v) is 2.49. The third-order valence-corrected chi connectivity index (χ3v) is 3.36. The van der Waals surface area contributed by atoms with E-state index in [1.807, 2.05) is 32.0 Å². The maximum absolute atomic E-state index is 12.1. The highest BCUT2D eigenvalue weighted by Gasteiger charge is 2.05. The summed E-state index contributed by atoms with van der Waals surface area (Å²) in [5.74, 6) is 0. The van der Waals surface area contributed by atoms with E-state index in [2.05, 4.69) is 10.6 Å². The molecule has 116 valence electrons. The van der Waals surface area contributed by atoms with Gasteiger partial charge in [-0.3, -0.25) is 0 Å². The number of urea groups is 1. The highest BCUT2D eigenvalue weighted by molar-refractivity contribution is 6.00. The predicted molar refractivity (Wildman–Crippen MR) is 91.0 cm³/mol. The van der Waals surface area contributed by atoms with Gasteiger partial charge in [-0.25, -0.2) is 9.59 Å². The summed E-state index contributed by atoms with van der Waals surface area (Å²) in [5.41, 5.74) is 3.62. The lowest BCUT2D eigenvalue weighted by molar-refractivity contribution is 0.262. The van der Waals surface area contributed by atoms with Gasteiger partial charge in [0.25, 0.3) is 0 Å². The van der Waals surface area contributed by atoms with E-state index in [0.29, 0.717) is 11.3 Å². The summed E-state index contributed by atoms with van der Waals surface area (Å²) in [5, 5.41) is 6.32. The maximum Gasteiger partial charge on any atom is 0.336 e. The number of carbonyl (C=O) groups is 1. The van der Waals surface area contributed by atoms with E-state index in [0.717, 1.165) is 22.2 Å². The molecular formula is C18H16N2O3. The molecule has 0 aliphatic heterocycles. The fraction of sp³-hybridized carbons (Fsp3) is 0.111. The van der Waals surface area contributed by atoms with E-state index in [1.54, 1.807) is 24.3 Å². The molecule has 0 fully saturated rings. The van der Waals surface area contributed by atoms with Crippen molar-refractivity contribution in [2.24, 2.45) is 0 Å². The number of rotatable bonds is 2. The monoisotopic (exact) mass is 308 g/mol. The topological polar surface area (TPSA) is 71.3 Å². The summed E-state index contributed by atoms with van der Waals surface area (Å²) in [6.07, 6.45) is 0. The summed E-state index contributed by atoms with van der Waals surface area (Å²) >= 11 is 0. The van der Waals surface area contributed by atoms with Gasteiger partial charge >= 0.3 is 11.7 Å². The van der Waals surface area contributed by atoms with E-state index < -0.39 is 5.63 Å². The van der Waals surface area contributed by atoms with Crippen LogP contribution in [0.2, 0.25) is 0 Å². The van der Waals surface area contributed by atoms with Crippen molar-refractivity contribution in [2.45, 2.75) is 13.8 Å². The van der Waals surface area contributed by atoms with Crippen LogP contribution in [0.3, 0.4) is 0 Å². The molecule has 0 radical (unpaired) electrons. The van der Waals surface area contributed by atoms with Gasteiger partial charge in [-0.2, -0.15) is 0 Å². The first-order chi connectivity index (χ1) is 11.0. The van der Waals surface area contributed by atoms with Crippen molar-refractivity contribution < 1.29 is 9.21 Å². The number of hydrogen-bond donors (Lipinski definition) is 2. The van der Waals surface area contributed by atoms with Gasteiger partial charge in [0.1, 0.15) is 5.58 Å². The Morgan fingerprint density at radius 1 is 0.870 bits per heavy atom. The summed E-state index contributed by atoms with van der Waals surface area (Å²) in [6, 6.07) is 13.6. The van der Waals surface area contributed by atoms with Crippen LogP contribution in [-0.4, -0.2) is 6.03 Å². The van der Waals surface area contributed by atoms with Crippen LogP contribution in [-0.2, 0) is 0 Å². The Kier molecular flexibility index (Phi) is 3.85. The first kappa shape index (κ1) is 14.8. The van der Waals surface area contributed by atoms with Crippen LogP contribution in [0.15, 0.2) is 57.7 Å². The molecule has 5 nitrogen and oxygen atoms in total. The molecule has 1 aromatic heterocycles. The van der Waals surface area contributed by atoms with Crippen molar-refractivity contribution in [2.75, 3.05) is 10.6 Å². The molecule has 0 spiro atoms. The van der Waals surface area contributed by atoms with Gasteiger partial charge in [-0.15, -0.1) is 0 Å². The molecular weight excluding hydrogens is 292 g/mol. The second kappa shape index (κ2) is 5.96. The minimum atomic E-state index is -0.397. The van der Waals surface area contributed by atoms with Gasteiger partial charge in [0, 0.05) is 22.8 Å². The molecule has 3 aromatic rings. The Morgan fingerprint density at radius 3 is 2.30 bits per heavy atom. The van der Waals surface area contributed by atoms with Crippen LogP contribution in [0.25, 0.3) is 11.0 Å². The van der Waals surface area contributed by atoms with Crippen molar-refractivity contribution in [1.29, 1.82) is 0 Å². The Hall–Kier alpha value is -3.08. The number of anilines is 2. The minimum absolute atomic E-state index is 0.327. The van der Waals surface area contributed by atoms with Crippen LogP contribution in [0, 0.1) is 13.8 Å². The van der Waals surface area contributed by atoms with Gasteiger partial charge < -0.3 is 15.1 Å². The Balaban J connectivity index is 1.77. The number of fused-ring (bicyclic) bond motifs is 1. The average Bonchev–Trinajstić information content (AvgIpc) is 2.46. The van der Waals surface area contributed by atoms with Crippen LogP contribution in [0.1, 0.15) is 11.1 Å². The fourth-order valence-electron chi connectivity index (χ4n) is 2.49. The number of hydrogen-bond acceptors (Lipinski definition) is 3. The van der Waals surface area contributed by atoms with Gasteiger partial charge in [-0.05, 0) is 61.4 Å². The predicted octanol–water partition coefficient (Wildman–Crippen LogP) is 4.05. The van der Waals surface area contributed by atoms with Crippen LogP contribution >= 0.6 is 0 Å². The molecule has 0 aliphatic carbocycles. The molecule has 5 heteroatoms. The molecule has 0 saturated carbocycles. The van der Waals surface area contributed by atoms with Crippen LogP contribution < -0.4 is 16.3 Å². The normalized spacial score (nSPS) is 10.5.